The van der Waals surface area contributed by atoms with Gasteiger partial charge in [-0.15, -0.1) is 10.2 Å². The first kappa shape index (κ1) is 14.9. The number of nitrogens with zero attached hydrogens (tertiary/aromatic N) is 3. The first-order valence-corrected chi connectivity index (χ1v) is 9.42. The van der Waals surface area contributed by atoms with Crippen LogP contribution in [0.25, 0.3) is 11.7 Å². The Balaban J connectivity index is 1.58. The van der Waals surface area contributed by atoms with Crippen molar-refractivity contribution < 1.29 is 17.3 Å². The predicted molar refractivity (Wildman–Crippen MR) is 81.1 cm³/mol. The van der Waals surface area contributed by atoms with Crippen molar-refractivity contribution in [2.45, 2.75) is 43.6 Å². The second kappa shape index (κ2) is 5.45. The van der Waals surface area contributed by atoms with Crippen molar-refractivity contribution in [3.63, 3.8) is 0 Å². The summed E-state index contributed by atoms with van der Waals surface area (Å²) < 4.78 is 37.9. The topological polar surface area (TPSA) is 89.4 Å². The third-order valence-corrected chi connectivity index (χ3v) is 6.11. The SMILES string of the molecule is CC1CCCN(S(=O)(=O)c2ccc(-c3nnc(C4CC4)o3)o2)C1. The van der Waals surface area contributed by atoms with E-state index in [1.54, 1.807) is 6.07 Å². The van der Waals surface area contributed by atoms with Crippen LogP contribution in [0.5, 0.6) is 0 Å². The molecule has 0 N–H and O–H groups in total. The summed E-state index contributed by atoms with van der Waals surface area (Å²) in [6, 6.07) is 3.04. The van der Waals surface area contributed by atoms with Crippen LogP contribution >= 0.6 is 0 Å². The molecule has 2 fully saturated rings. The van der Waals surface area contributed by atoms with E-state index in [9.17, 15) is 8.42 Å². The Morgan fingerprint density at radius 3 is 2.74 bits per heavy atom. The predicted octanol–water partition coefficient (Wildman–Crippen LogP) is 2.63. The van der Waals surface area contributed by atoms with Gasteiger partial charge >= 0.3 is 0 Å². The van der Waals surface area contributed by atoms with E-state index in [0.29, 0.717) is 36.6 Å². The first-order chi connectivity index (χ1) is 11.0. The van der Waals surface area contributed by atoms with Gasteiger partial charge in [0.15, 0.2) is 5.76 Å². The van der Waals surface area contributed by atoms with Gasteiger partial charge in [0.2, 0.25) is 11.0 Å². The molecular formula is C15H19N3O4S. The Kier molecular flexibility index (Phi) is 3.53. The van der Waals surface area contributed by atoms with Crippen LogP contribution in [0, 0.1) is 5.92 Å². The van der Waals surface area contributed by atoms with E-state index < -0.39 is 10.0 Å². The molecule has 3 heterocycles. The minimum Gasteiger partial charge on any atom is -0.438 e. The highest BCUT2D eigenvalue weighted by Gasteiger charge is 2.33. The Labute approximate surface area is 134 Å². The fourth-order valence-electron chi connectivity index (χ4n) is 2.89. The fraction of sp³-hybridized carbons (Fsp3) is 0.600. The average Bonchev–Trinajstić information content (AvgIpc) is 3.06. The third kappa shape index (κ3) is 2.81. The number of sulfonamides is 1. The molecule has 1 unspecified atom stereocenters. The number of furan rings is 1. The maximum absolute atomic E-state index is 12.7. The number of piperidine rings is 1. The highest BCUT2D eigenvalue weighted by Crippen LogP contribution is 2.40. The molecule has 2 aliphatic rings. The Morgan fingerprint density at radius 1 is 1.17 bits per heavy atom. The zero-order chi connectivity index (χ0) is 16.0. The van der Waals surface area contributed by atoms with Crippen molar-refractivity contribution in [3.05, 3.63) is 18.0 Å². The van der Waals surface area contributed by atoms with Crippen LogP contribution in [0.3, 0.4) is 0 Å². The molecule has 1 saturated carbocycles. The van der Waals surface area contributed by atoms with Gasteiger partial charge in [-0.05, 0) is 43.7 Å². The maximum Gasteiger partial charge on any atom is 0.283 e. The largest absolute Gasteiger partial charge is 0.438 e. The zero-order valence-electron chi connectivity index (χ0n) is 12.9. The standard InChI is InChI=1S/C15H19N3O4S/c1-10-3-2-8-18(9-10)23(19,20)13-7-6-12(21-13)15-17-16-14(22-15)11-4-5-11/h6-7,10-11H,2-5,8-9H2,1H3. The molecule has 1 aliphatic carbocycles. The van der Waals surface area contributed by atoms with E-state index in [2.05, 4.69) is 17.1 Å². The van der Waals surface area contributed by atoms with Gasteiger partial charge in [-0.25, -0.2) is 8.42 Å². The van der Waals surface area contributed by atoms with E-state index in [0.717, 1.165) is 25.7 Å². The molecule has 0 bridgehead atoms. The van der Waals surface area contributed by atoms with Crippen LogP contribution in [-0.2, 0) is 10.0 Å². The van der Waals surface area contributed by atoms with Gasteiger partial charge in [-0.3, -0.25) is 0 Å². The third-order valence-electron chi connectivity index (χ3n) is 4.37. The van der Waals surface area contributed by atoms with Crippen LogP contribution < -0.4 is 0 Å². The molecule has 0 radical (unpaired) electrons. The van der Waals surface area contributed by atoms with Crippen LogP contribution in [0.1, 0.15) is 44.4 Å². The molecular weight excluding hydrogens is 318 g/mol. The van der Waals surface area contributed by atoms with Crippen molar-refractivity contribution in [2.24, 2.45) is 5.92 Å². The van der Waals surface area contributed by atoms with E-state index in [1.165, 1.54) is 10.4 Å². The normalized spacial score (nSPS) is 23.3. The summed E-state index contributed by atoms with van der Waals surface area (Å²) in [5.74, 6) is 1.85. The van der Waals surface area contributed by atoms with E-state index in [1.807, 2.05) is 0 Å². The minimum absolute atomic E-state index is 0.0622. The lowest BCUT2D eigenvalue weighted by Crippen LogP contribution is -2.38. The molecule has 8 heteroatoms. The summed E-state index contributed by atoms with van der Waals surface area (Å²) in [5.41, 5.74) is 0. The monoisotopic (exact) mass is 337 g/mol. The molecule has 4 rings (SSSR count). The van der Waals surface area contributed by atoms with Crippen LogP contribution in [0.4, 0.5) is 0 Å². The van der Waals surface area contributed by atoms with Crippen molar-refractivity contribution >= 4 is 10.0 Å². The molecule has 2 aromatic rings. The molecule has 124 valence electrons. The molecule has 23 heavy (non-hydrogen) atoms. The van der Waals surface area contributed by atoms with Gasteiger partial charge in [-0.2, -0.15) is 4.31 Å². The summed E-state index contributed by atoms with van der Waals surface area (Å²) in [6.45, 7) is 3.13. The summed E-state index contributed by atoms with van der Waals surface area (Å²) in [4.78, 5) is 0. The molecule has 1 atom stereocenters. The molecule has 0 aromatic carbocycles. The Morgan fingerprint density at radius 2 is 2.00 bits per heavy atom. The quantitative estimate of drug-likeness (QED) is 0.852. The summed E-state index contributed by atoms with van der Waals surface area (Å²) in [5, 5.41) is 7.88. The average molecular weight is 337 g/mol. The van der Waals surface area contributed by atoms with Gasteiger partial charge in [0.05, 0.1) is 0 Å². The second-order valence-electron chi connectivity index (χ2n) is 6.45. The van der Waals surface area contributed by atoms with Gasteiger partial charge < -0.3 is 8.83 Å². The lowest BCUT2D eigenvalue weighted by Gasteiger charge is -2.29. The number of hydrogen-bond acceptors (Lipinski definition) is 6. The Hall–Kier alpha value is -1.67. The summed E-state index contributed by atoms with van der Waals surface area (Å²) in [7, 11) is -3.60. The van der Waals surface area contributed by atoms with Crippen molar-refractivity contribution in [3.8, 4) is 11.7 Å². The molecule has 1 saturated heterocycles. The number of aromatic nitrogens is 2. The first-order valence-electron chi connectivity index (χ1n) is 7.98. The molecule has 1 aliphatic heterocycles. The zero-order valence-corrected chi connectivity index (χ0v) is 13.8. The molecule has 0 spiro atoms. The van der Waals surface area contributed by atoms with Gasteiger partial charge in [0, 0.05) is 19.0 Å². The van der Waals surface area contributed by atoms with Gasteiger partial charge in [-0.1, -0.05) is 6.92 Å². The lowest BCUT2D eigenvalue weighted by molar-refractivity contribution is 0.275. The summed E-state index contributed by atoms with van der Waals surface area (Å²) >= 11 is 0. The second-order valence-corrected chi connectivity index (χ2v) is 8.32. The van der Waals surface area contributed by atoms with Gasteiger partial charge in [0.1, 0.15) is 0 Å². The molecule has 7 nitrogen and oxygen atoms in total. The number of rotatable bonds is 4. The maximum atomic E-state index is 12.7. The van der Waals surface area contributed by atoms with Gasteiger partial charge in [0.25, 0.3) is 15.9 Å². The fourth-order valence-corrected chi connectivity index (χ4v) is 4.40. The lowest BCUT2D eigenvalue weighted by atomic mass is 10.0. The highest BCUT2D eigenvalue weighted by molar-refractivity contribution is 7.89. The van der Waals surface area contributed by atoms with E-state index in [4.69, 9.17) is 8.83 Å². The molecule has 2 aromatic heterocycles. The minimum atomic E-state index is -3.60. The molecule has 0 amide bonds. The summed E-state index contributed by atoms with van der Waals surface area (Å²) in [6.07, 6.45) is 4.06. The highest BCUT2D eigenvalue weighted by atomic mass is 32.2. The van der Waals surface area contributed by atoms with E-state index >= 15 is 0 Å². The number of hydrogen-bond donors (Lipinski definition) is 0. The van der Waals surface area contributed by atoms with Crippen LogP contribution in [0.2, 0.25) is 0 Å². The van der Waals surface area contributed by atoms with Crippen molar-refractivity contribution in [2.75, 3.05) is 13.1 Å². The smallest absolute Gasteiger partial charge is 0.283 e. The van der Waals surface area contributed by atoms with Crippen LogP contribution in [-0.4, -0.2) is 36.0 Å². The van der Waals surface area contributed by atoms with Crippen molar-refractivity contribution in [1.82, 2.24) is 14.5 Å². The van der Waals surface area contributed by atoms with Crippen molar-refractivity contribution in [1.29, 1.82) is 0 Å². The van der Waals surface area contributed by atoms with E-state index in [-0.39, 0.29) is 11.0 Å². The Bertz CT molecular complexity index is 806. The van der Waals surface area contributed by atoms with Crippen LogP contribution in [0.15, 0.2) is 26.1 Å².